The van der Waals surface area contributed by atoms with Gasteiger partial charge in [0.1, 0.15) is 11.9 Å². The first-order valence-corrected chi connectivity index (χ1v) is 8.61. The number of rotatable bonds is 4. The molecule has 25 heavy (non-hydrogen) atoms. The fraction of sp³-hybridized carbons (Fsp3) is 0.500. The summed E-state index contributed by atoms with van der Waals surface area (Å²) in [4.78, 5) is 39.9. The summed E-state index contributed by atoms with van der Waals surface area (Å²) in [6, 6.07) is 5.38. The molecule has 1 aromatic rings. The van der Waals surface area contributed by atoms with Crippen LogP contribution < -0.4 is 10.2 Å². The van der Waals surface area contributed by atoms with E-state index in [4.69, 9.17) is 0 Å². The van der Waals surface area contributed by atoms with Gasteiger partial charge in [0.05, 0.1) is 11.6 Å². The highest BCUT2D eigenvalue weighted by atomic mass is 19.1. The van der Waals surface area contributed by atoms with Crippen LogP contribution in [0.5, 0.6) is 0 Å². The van der Waals surface area contributed by atoms with E-state index < -0.39 is 17.8 Å². The molecule has 2 aliphatic rings. The second kappa shape index (κ2) is 7.21. The van der Waals surface area contributed by atoms with Gasteiger partial charge in [-0.05, 0) is 31.9 Å². The maximum atomic E-state index is 13.9. The Labute approximate surface area is 146 Å². The monoisotopic (exact) mass is 347 g/mol. The fourth-order valence-electron chi connectivity index (χ4n) is 3.39. The average molecular weight is 347 g/mol. The Hall–Kier alpha value is -2.44. The second-order valence-electron chi connectivity index (χ2n) is 6.62. The van der Waals surface area contributed by atoms with Crippen LogP contribution in [0.4, 0.5) is 10.1 Å². The smallest absolute Gasteiger partial charge is 0.244 e. The van der Waals surface area contributed by atoms with Gasteiger partial charge < -0.3 is 15.1 Å². The number of hydrogen-bond donors (Lipinski definition) is 1. The summed E-state index contributed by atoms with van der Waals surface area (Å²) < 4.78 is 13.9. The van der Waals surface area contributed by atoms with Gasteiger partial charge >= 0.3 is 0 Å². The zero-order valence-corrected chi connectivity index (χ0v) is 14.2. The largest absolute Gasteiger partial charge is 0.344 e. The second-order valence-corrected chi connectivity index (χ2v) is 6.62. The zero-order valence-electron chi connectivity index (χ0n) is 14.2. The van der Waals surface area contributed by atoms with E-state index in [1.54, 1.807) is 24.0 Å². The van der Waals surface area contributed by atoms with Gasteiger partial charge in [-0.15, -0.1) is 0 Å². The fourth-order valence-corrected chi connectivity index (χ4v) is 3.39. The predicted octanol–water partition coefficient (Wildman–Crippen LogP) is 1.31. The summed E-state index contributed by atoms with van der Waals surface area (Å²) in [5.41, 5.74) is 0.184. The lowest BCUT2D eigenvalue weighted by Crippen LogP contribution is -2.48. The van der Waals surface area contributed by atoms with Crippen molar-refractivity contribution in [2.24, 2.45) is 5.92 Å². The molecule has 0 bridgehead atoms. The molecule has 0 radical (unpaired) electrons. The van der Waals surface area contributed by atoms with Gasteiger partial charge in [0.15, 0.2) is 0 Å². The number of carbonyl (C=O) groups excluding carboxylic acids is 3. The van der Waals surface area contributed by atoms with E-state index in [2.05, 4.69) is 5.32 Å². The average Bonchev–Trinajstić information content (AvgIpc) is 3.24. The number of carbonyl (C=O) groups is 3. The van der Waals surface area contributed by atoms with E-state index in [1.165, 1.54) is 17.0 Å². The van der Waals surface area contributed by atoms with Crippen molar-refractivity contribution >= 4 is 23.4 Å². The lowest BCUT2D eigenvalue weighted by molar-refractivity contribution is -0.136. The molecule has 2 saturated heterocycles. The molecular weight excluding hydrogens is 325 g/mol. The van der Waals surface area contributed by atoms with Gasteiger partial charge in [-0.25, -0.2) is 4.39 Å². The Kier molecular flexibility index (Phi) is 5.01. The van der Waals surface area contributed by atoms with Crippen LogP contribution in [0.25, 0.3) is 0 Å². The van der Waals surface area contributed by atoms with E-state index in [-0.39, 0.29) is 36.4 Å². The third kappa shape index (κ3) is 3.65. The van der Waals surface area contributed by atoms with Gasteiger partial charge in [-0.3, -0.25) is 14.4 Å². The van der Waals surface area contributed by atoms with Crippen molar-refractivity contribution in [1.82, 2.24) is 10.2 Å². The molecular formula is C18H22FN3O3. The minimum atomic E-state index is -0.622. The van der Waals surface area contributed by atoms with E-state index in [0.29, 0.717) is 0 Å². The topological polar surface area (TPSA) is 69.7 Å². The summed E-state index contributed by atoms with van der Waals surface area (Å²) in [5.74, 6) is -1.80. The van der Waals surface area contributed by atoms with Crippen LogP contribution in [0.3, 0.4) is 0 Å². The first-order chi connectivity index (χ1) is 12.0. The molecule has 0 aromatic heterocycles. The Morgan fingerprint density at radius 2 is 1.92 bits per heavy atom. The van der Waals surface area contributed by atoms with Crippen LogP contribution in [0.15, 0.2) is 24.3 Å². The molecule has 0 aliphatic carbocycles. The standard InChI is InChI=1S/C18H22FN3O3/c1-12(18(25)21-8-4-5-9-21)20-17(24)13-10-16(23)22(11-13)15-7-3-2-6-14(15)19/h2-3,6-7,12-13H,4-5,8-11H2,1H3,(H,20,24)/t12-,13-/m0/s1. The van der Waals surface area contributed by atoms with Gasteiger partial charge in [0, 0.05) is 26.1 Å². The minimum absolute atomic E-state index is 0.0186. The number of amides is 3. The normalized spacial score (nSPS) is 21.5. The summed E-state index contributed by atoms with van der Waals surface area (Å²) >= 11 is 0. The van der Waals surface area contributed by atoms with Crippen molar-refractivity contribution in [2.45, 2.75) is 32.2 Å². The molecule has 2 atom stereocenters. The Morgan fingerprint density at radius 3 is 2.60 bits per heavy atom. The summed E-state index contributed by atoms with van der Waals surface area (Å²) in [6.45, 7) is 3.23. The number of nitrogens with one attached hydrogen (secondary N) is 1. The van der Waals surface area contributed by atoms with Crippen molar-refractivity contribution in [3.05, 3.63) is 30.1 Å². The zero-order chi connectivity index (χ0) is 18.0. The number of benzene rings is 1. The summed E-state index contributed by atoms with van der Waals surface area (Å²) in [6.07, 6.45) is 1.99. The predicted molar refractivity (Wildman–Crippen MR) is 90.3 cm³/mol. The molecule has 0 spiro atoms. The number of likely N-dealkylation sites (tertiary alicyclic amines) is 1. The summed E-state index contributed by atoms with van der Waals surface area (Å²) in [5, 5.41) is 2.70. The van der Waals surface area contributed by atoms with Crippen LogP contribution in [0.1, 0.15) is 26.2 Å². The molecule has 6 nitrogen and oxygen atoms in total. The number of halogens is 1. The quantitative estimate of drug-likeness (QED) is 0.893. The molecule has 2 fully saturated rings. The maximum Gasteiger partial charge on any atom is 0.244 e. The van der Waals surface area contributed by atoms with E-state index in [1.807, 2.05) is 0 Å². The number of para-hydroxylation sites is 1. The Morgan fingerprint density at radius 1 is 1.24 bits per heavy atom. The van der Waals surface area contributed by atoms with E-state index >= 15 is 0 Å². The number of nitrogens with zero attached hydrogens (tertiary/aromatic N) is 2. The van der Waals surface area contributed by atoms with Crippen molar-refractivity contribution in [1.29, 1.82) is 0 Å². The van der Waals surface area contributed by atoms with Crippen molar-refractivity contribution in [3.63, 3.8) is 0 Å². The third-order valence-electron chi connectivity index (χ3n) is 4.79. The molecule has 2 aliphatic heterocycles. The molecule has 1 N–H and O–H groups in total. The van der Waals surface area contributed by atoms with Crippen LogP contribution in [-0.4, -0.2) is 48.3 Å². The van der Waals surface area contributed by atoms with E-state index in [9.17, 15) is 18.8 Å². The van der Waals surface area contributed by atoms with Crippen molar-refractivity contribution in [3.8, 4) is 0 Å². The highest BCUT2D eigenvalue weighted by molar-refractivity contribution is 6.01. The maximum absolute atomic E-state index is 13.9. The highest BCUT2D eigenvalue weighted by Crippen LogP contribution is 2.27. The molecule has 3 amide bonds. The van der Waals surface area contributed by atoms with Gasteiger partial charge in [-0.1, -0.05) is 12.1 Å². The Bertz CT molecular complexity index is 688. The lowest BCUT2D eigenvalue weighted by atomic mass is 10.1. The van der Waals surface area contributed by atoms with Gasteiger partial charge in [0.2, 0.25) is 17.7 Å². The molecule has 1 aromatic carbocycles. The third-order valence-corrected chi connectivity index (χ3v) is 4.79. The van der Waals surface area contributed by atoms with E-state index in [0.717, 1.165) is 25.9 Å². The minimum Gasteiger partial charge on any atom is -0.344 e. The molecule has 134 valence electrons. The van der Waals surface area contributed by atoms with Crippen LogP contribution in [0, 0.1) is 11.7 Å². The van der Waals surface area contributed by atoms with Crippen molar-refractivity contribution < 1.29 is 18.8 Å². The molecule has 0 saturated carbocycles. The first-order valence-electron chi connectivity index (χ1n) is 8.61. The molecule has 7 heteroatoms. The first kappa shape index (κ1) is 17.4. The molecule has 0 unspecified atom stereocenters. The summed E-state index contributed by atoms with van der Waals surface area (Å²) in [7, 11) is 0. The van der Waals surface area contributed by atoms with Crippen LogP contribution in [-0.2, 0) is 14.4 Å². The SMILES string of the molecule is C[C@H](NC(=O)[C@H]1CC(=O)N(c2ccccc2F)C1)C(=O)N1CCCC1. The molecule has 3 rings (SSSR count). The number of anilines is 1. The highest BCUT2D eigenvalue weighted by Gasteiger charge is 2.37. The lowest BCUT2D eigenvalue weighted by Gasteiger charge is -2.22. The molecule has 2 heterocycles. The van der Waals surface area contributed by atoms with Crippen molar-refractivity contribution in [2.75, 3.05) is 24.5 Å². The van der Waals surface area contributed by atoms with Gasteiger partial charge in [-0.2, -0.15) is 0 Å². The van der Waals surface area contributed by atoms with Gasteiger partial charge in [0.25, 0.3) is 0 Å². The number of hydrogen-bond acceptors (Lipinski definition) is 3. The van der Waals surface area contributed by atoms with Crippen LogP contribution >= 0.6 is 0 Å². The van der Waals surface area contributed by atoms with Crippen LogP contribution in [0.2, 0.25) is 0 Å². The Balaban J connectivity index is 1.61.